The summed E-state index contributed by atoms with van der Waals surface area (Å²) in [5.41, 5.74) is -0.932. The minimum absolute atomic E-state index is 0.156. The first-order valence-electron chi connectivity index (χ1n) is 15.3. The molecule has 0 N–H and O–H groups in total. The van der Waals surface area contributed by atoms with Gasteiger partial charge >= 0.3 is 26.4 Å². The van der Waals surface area contributed by atoms with Crippen LogP contribution in [-0.2, 0) is 58.8 Å². The second-order valence-electron chi connectivity index (χ2n) is 11.4. The van der Waals surface area contributed by atoms with E-state index in [-0.39, 0.29) is 17.7 Å². The number of epoxide rings is 1. The molecular formula is C26H53NO13Si3. The van der Waals surface area contributed by atoms with Gasteiger partial charge in [-0.15, -0.1) is 0 Å². The Morgan fingerprint density at radius 1 is 0.860 bits per heavy atom. The molecule has 14 nitrogen and oxygen atoms in total. The molecule has 252 valence electrons. The van der Waals surface area contributed by atoms with Gasteiger partial charge < -0.3 is 58.8 Å². The van der Waals surface area contributed by atoms with Crippen molar-refractivity contribution in [3.05, 3.63) is 0 Å². The normalized spacial score (nSPS) is 33.3. The van der Waals surface area contributed by atoms with Crippen LogP contribution in [0.5, 0.6) is 0 Å². The van der Waals surface area contributed by atoms with E-state index in [2.05, 4.69) is 4.90 Å². The van der Waals surface area contributed by atoms with Gasteiger partial charge in [-0.3, -0.25) is 4.90 Å². The van der Waals surface area contributed by atoms with Crippen molar-refractivity contribution in [3.8, 4) is 0 Å². The van der Waals surface area contributed by atoms with Crippen LogP contribution in [0, 0.1) is 0 Å². The van der Waals surface area contributed by atoms with Crippen LogP contribution in [0.25, 0.3) is 0 Å². The first-order chi connectivity index (χ1) is 20.9. The van der Waals surface area contributed by atoms with Crippen LogP contribution in [-0.4, -0.2) is 164 Å². The molecule has 5 aliphatic heterocycles. The summed E-state index contributed by atoms with van der Waals surface area (Å²) in [5.74, 6) is 0. The number of hydrogen-bond donors (Lipinski definition) is 0. The number of fused-ring (bicyclic) bond motifs is 4. The van der Waals surface area contributed by atoms with Crippen molar-refractivity contribution < 1.29 is 58.8 Å². The first-order valence-corrected chi connectivity index (χ1v) is 20.9. The van der Waals surface area contributed by atoms with E-state index in [1.807, 2.05) is 0 Å². The molecule has 6 unspecified atom stereocenters. The highest BCUT2D eigenvalue weighted by Crippen LogP contribution is 2.47. The highest BCUT2D eigenvalue weighted by molar-refractivity contribution is 6.64. The van der Waals surface area contributed by atoms with Gasteiger partial charge in [-0.1, -0.05) is 0 Å². The highest BCUT2D eigenvalue weighted by atomic mass is 28.4. The Kier molecular flexibility index (Phi) is 14.0. The smallest absolute Gasteiger partial charge is 0.379 e. The maximum Gasteiger partial charge on any atom is 0.506 e. The molecule has 5 rings (SSSR count). The van der Waals surface area contributed by atoms with Gasteiger partial charge in [0.15, 0.2) is 0 Å². The monoisotopic (exact) mass is 671 g/mol. The van der Waals surface area contributed by atoms with Crippen LogP contribution in [0.3, 0.4) is 0 Å². The van der Waals surface area contributed by atoms with Gasteiger partial charge in [0.2, 0.25) is 0 Å². The van der Waals surface area contributed by atoms with Crippen molar-refractivity contribution in [1.29, 1.82) is 0 Å². The largest absolute Gasteiger partial charge is 0.506 e. The summed E-state index contributed by atoms with van der Waals surface area (Å²) in [4.78, 5) is 2.32. The van der Waals surface area contributed by atoms with Crippen LogP contribution in [0.1, 0.15) is 19.3 Å². The molecule has 0 aliphatic carbocycles. The molecule has 5 heterocycles. The van der Waals surface area contributed by atoms with Crippen LogP contribution >= 0.6 is 0 Å². The fourth-order valence-corrected chi connectivity index (χ4v) is 14.0. The van der Waals surface area contributed by atoms with Gasteiger partial charge in [0.25, 0.3) is 0 Å². The second kappa shape index (κ2) is 16.8. The molecule has 5 saturated heterocycles. The van der Waals surface area contributed by atoms with Crippen molar-refractivity contribution in [2.45, 2.75) is 54.7 Å². The van der Waals surface area contributed by atoms with Crippen molar-refractivity contribution in [2.24, 2.45) is 0 Å². The number of ether oxygens (including phenoxy) is 4. The van der Waals surface area contributed by atoms with E-state index in [4.69, 9.17) is 58.8 Å². The highest BCUT2D eigenvalue weighted by Gasteiger charge is 2.65. The lowest BCUT2D eigenvalue weighted by Crippen LogP contribution is -2.71. The van der Waals surface area contributed by atoms with Gasteiger partial charge in [0.1, 0.15) is 11.7 Å². The predicted octanol–water partition coefficient (Wildman–Crippen LogP) is 1.17. The zero-order valence-electron chi connectivity index (χ0n) is 26.8. The maximum atomic E-state index is 7.23. The molecule has 5 fully saturated rings. The zero-order chi connectivity index (χ0) is 30.8. The summed E-state index contributed by atoms with van der Waals surface area (Å²) in [6.45, 7) is 6.41. The third-order valence-corrected chi connectivity index (χ3v) is 17.9. The Hall–Kier alpha value is 0.0906. The number of hydrogen-bond acceptors (Lipinski definition) is 14. The molecule has 0 aromatic rings. The standard InChI is InChI=1S/C26H53NO13Si3/c1-28-41(29-2,30-3)15-7-11-34-18-23-17-27-10-14-38-42(39-23,16-8-12-35-19-24-20-37-24)40-26(21-27)22-36-13-9-25(26)43(31-4,32-5)33-6/h23-25H,7-22H2,1-6H3. The molecule has 0 saturated carbocycles. The average Bonchev–Trinajstić information content (AvgIpc) is 3.83. The van der Waals surface area contributed by atoms with Crippen LogP contribution in [0.15, 0.2) is 0 Å². The molecule has 0 radical (unpaired) electrons. The summed E-state index contributed by atoms with van der Waals surface area (Å²) >= 11 is 0. The molecule has 6 atom stereocenters. The van der Waals surface area contributed by atoms with Crippen LogP contribution < -0.4 is 0 Å². The Labute approximate surface area is 259 Å². The minimum Gasteiger partial charge on any atom is -0.379 e. The fourth-order valence-electron chi connectivity index (χ4n) is 6.39. The molecule has 2 bridgehead atoms. The predicted molar refractivity (Wildman–Crippen MR) is 160 cm³/mol. The van der Waals surface area contributed by atoms with E-state index < -0.39 is 32.0 Å². The molecule has 5 aliphatic rings. The average molecular weight is 672 g/mol. The van der Waals surface area contributed by atoms with Gasteiger partial charge in [-0.2, -0.15) is 0 Å². The molecule has 0 amide bonds. The van der Waals surface area contributed by atoms with Gasteiger partial charge in [-0.05, 0) is 19.3 Å². The Morgan fingerprint density at radius 3 is 2.19 bits per heavy atom. The minimum atomic E-state index is -3.28. The summed E-state index contributed by atoms with van der Waals surface area (Å²) < 4.78 is 78.8. The molecule has 43 heavy (non-hydrogen) atoms. The zero-order valence-corrected chi connectivity index (χ0v) is 29.8. The molecule has 1 spiro atoms. The van der Waals surface area contributed by atoms with E-state index in [0.29, 0.717) is 77.8 Å². The Balaban J connectivity index is 1.49. The van der Waals surface area contributed by atoms with E-state index in [1.165, 1.54) is 0 Å². The molecule has 0 aromatic heterocycles. The van der Waals surface area contributed by atoms with Gasteiger partial charge in [0.05, 0.1) is 44.7 Å². The van der Waals surface area contributed by atoms with E-state index >= 15 is 0 Å². The van der Waals surface area contributed by atoms with Crippen LogP contribution in [0.4, 0.5) is 0 Å². The lowest BCUT2D eigenvalue weighted by Gasteiger charge is -2.55. The Morgan fingerprint density at radius 2 is 1.53 bits per heavy atom. The van der Waals surface area contributed by atoms with Gasteiger partial charge in [0, 0.05) is 94.2 Å². The maximum absolute atomic E-state index is 7.23. The molecular weight excluding hydrogens is 619 g/mol. The lowest BCUT2D eigenvalue weighted by molar-refractivity contribution is -0.167. The third-order valence-electron chi connectivity index (χ3n) is 8.69. The number of rotatable bonds is 19. The second-order valence-corrected chi connectivity index (χ2v) is 20.2. The summed E-state index contributed by atoms with van der Waals surface area (Å²) in [7, 11) is 0.770. The fraction of sp³-hybridized carbons (Fsp3) is 1.00. The van der Waals surface area contributed by atoms with E-state index in [0.717, 1.165) is 26.0 Å². The first kappa shape index (κ1) is 35.9. The number of nitrogens with zero attached hydrogens (tertiary/aromatic N) is 1. The summed E-state index contributed by atoms with van der Waals surface area (Å²) in [5, 5.41) is 0. The van der Waals surface area contributed by atoms with Crippen molar-refractivity contribution >= 4 is 26.4 Å². The van der Waals surface area contributed by atoms with Crippen LogP contribution in [0.2, 0.25) is 17.6 Å². The molecule has 17 heteroatoms. The van der Waals surface area contributed by atoms with Crippen molar-refractivity contribution in [3.63, 3.8) is 0 Å². The lowest BCUT2D eigenvalue weighted by atomic mass is 9.94. The molecule has 0 aromatic carbocycles. The Bertz CT molecular complexity index is 809. The summed E-state index contributed by atoms with van der Waals surface area (Å²) in [6, 6.07) is 1.27. The van der Waals surface area contributed by atoms with E-state index in [9.17, 15) is 0 Å². The third kappa shape index (κ3) is 9.13. The quantitative estimate of drug-likeness (QED) is 0.111. The van der Waals surface area contributed by atoms with Gasteiger partial charge in [-0.25, -0.2) is 0 Å². The topological polar surface area (TPSA) is 127 Å². The van der Waals surface area contributed by atoms with E-state index in [1.54, 1.807) is 42.7 Å². The SMILES string of the molecule is CO[Si](CCCOCC1CN2CCO[Si](CCCOCC3CO3)(O1)OC1(COCCC1[Si](OC)(OC)OC)C2)(OC)OC. The van der Waals surface area contributed by atoms with Crippen molar-refractivity contribution in [2.75, 3.05) is 115 Å². The summed E-state index contributed by atoms with van der Waals surface area (Å²) in [6.07, 6.45) is 2.16. The van der Waals surface area contributed by atoms with Crippen molar-refractivity contribution in [1.82, 2.24) is 4.90 Å².